The highest BCUT2D eigenvalue weighted by molar-refractivity contribution is 14.1. The van der Waals surface area contributed by atoms with Crippen molar-refractivity contribution >= 4 is 40.0 Å². The van der Waals surface area contributed by atoms with Crippen molar-refractivity contribution in [3.63, 3.8) is 0 Å². The van der Waals surface area contributed by atoms with Crippen LogP contribution in [0.3, 0.4) is 0 Å². The van der Waals surface area contributed by atoms with E-state index in [-0.39, 0.29) is 11.6 Å². The topological polar surface area (TPSA) is 17.1 Å². The lowest BCUT2D eigenvalue weighted by Crippen LogP contribution is -2.06. The molecule has 0 N–H and O–H groups in total. The van der Waals surface area contributed by atoms with E-state index >= 15 is 0 Å². The fourth-order valence-electron chi connectivity index (χ4n) is 1.84. The summed E-state index contributed by atoms with van der Waals surface area (Å²) in [4.78, 5) is 12.5. The van der Waals surface area contributed by atoms with Crippen molar-refractivity contribution in [3.05, 3.63) is 67.0 Å². The van der Waals surface area contributed by atoms with Gasteiger partial charge in [0.1, 0.15) is 5.82 Å². The van der Waals surface area contributed by atoms with E-state index in [9.17, 15) is 9.18 Å². The van der Waals surface area contributed by atoms with E-state index in [0.29, 0.717) is 19.7 Å². The maximum atomic E-state index is 13.1. The van der Waals surface area contributed by atoms with Crippen LogP contribution in [-0.4, -0.2) is 5.78 Å². The molecule has 98 valence electrons. The number of hydrogen-bond acceptors (Lipinski definition) is 1. The Balaban J connectivity index is 2.53. The van der Waals surface area contributed by atoms with Crippen molar-refractivity contribution in [1.29, 1.82) is 0 Å². The van der Waals surface area contributed by atoms with Crippen LogP contribution in [0, 0.1) is 23.2 Å². The van der Waals surface area contributed by atoms with Crippen LogP contribution in [0.5, 0.6) is 0 Å². The molecule has 0 heterocycles. The molecule has 1 nitrogen and oxygen atoms in total. The van der Waals surface area contributed by atoms with Gasteiger partial charge in [-0.25, -0.2) is 4.39 Å². The molecule has 0 radical (unpaired) electrons. The molecule has 0 saturated heterocycles. The van der Waals surface area contributed by atoms with Crippen LogP contribution in [0.4, 0.5) is 4.39 Å². The molecule has 0 aliphatic carbocycles. The second-order valence-electron chi connectivity index (χ2n) is 4.37. The Bertz CT molecular complexity index is 667. The minimum absolute atomic E-state index is 0.110. The molecule has 2 aromatic rings. The van der Waals surface area contributed by atoms with E-state index < -0.39 is 0 Å². The average molecular weight is 389 g/mol. The summed E-state index contributed by atoms with van der Waals surface area (Å²) in [5.74, 6) is -0.452. The highest BCUT2D eigenvalue weighted by Crippen LogP contribution is 2.24. The molecule has 0 unspecified atom stereocenters. The van der Waals surface area contributed by atoms with Crippen molar-refractivity contribution < 1.29 is 9.18 Å². The van der Waals surface area contributed by atoms with Crippen molar-refractivity contribution in [2.45, 2.75) is 13.8 Å². The summed E-state index contributed by atoms with van der Waals surface area (Å²) < 4.78 is 13.7. The minimum Gasteiger partial charge on any atom is -0.289 e. The first-order chi connectivity index (χ1) is 8.90. The lowest BCUT2D eigenvalue weighted by Gasteiger charge is -2.09. The van der Waals surface area contributed by atoms with Crippen LogP contribution < -0.4 is 0 Å². The molecule has 0 aliphatic heterocycles. The van der Waals surface area contributed by atoms with E-state index in [1.807, 2.05) is 36.4 Å². The molecule has 0 bridgehead atoms. The molecule has 0 saturated carbocycles. The van der Waals surface area contributed by atoms with Gasteiger partial charge >= 0.3 is 0 Å². The Kier molecular flexibility index (Phi) is 4.26. The zero-order valence-corrected chi connectivity index (χ0v) is 13.3. The summed E-state index contributed by atoms with van der Waals surface area (Å²) in [7, 11) is 0. The van der Waals surface area contributed by atoms with Gasteiger partial charge < -0.3 is 0 Å². The van der Waals surface area contributed by atoms with E-state index in [1.165, 1.54) is 18.2 Å². The Morgan fingerprint density at radius 2 is 1.79 bits per heavy atom. The minimum atomic E-state index is -0.343. The Morgan fingerprint density at radius 3 is 2.42 bits per heavy atom. The lowest BCUT2D eigenvalue weighted by atomic mass is 9.97. The Morgan fingerprint density at radius 1 is 1.11 bits per heavy atom. The predicted molar refractivity (Wildman–Crippen MR) is 83.5 cm³/mol. The van der Waals surface area contributed by atoms with Crippen molar-refractivity contribution in [1.82, 2.24) is 0 Å². The third-order valence-electron chi connectivity index (χ3n) is 2.93. The third kappa shape index (κ3) is 2.98. The second kappa shape index (κ2) is 5.59. The van der Waals surface area contributed by atoms with Crippen LogP contribution in [0.2, 0.25) is 5.02 Å². The molecule has 0 spiro atoms. The Hall–Kier alpha value is -0.940. The van der Waals surface area contributed by atoms with Crippen LogP contribution in [0.25, 0.3) is 0 Å². The number of ketones is 1. The third-order valence-corrected chi connectivity index (χ3v) is 4.23. The molecular weight excluding hydrogens is 378 g/mol. The zero-order valence-electron chi connectivity index (χ0n) is 10.4. The van der Waals surface area contributed by atoms with Gasteiger partial charge in [0.15, 0.2) is 5.78 Å². The largest absolute Gasteiger partial charge is 0.289 e. The Labute approximate surface area is 129 Å². The number of rotatable bonds is 2. The zero-order chi connectivity index (χ0) is 14.2. The highest BCUT2D eigenvalue weighted by atomic mass is 127. The van der Waals surface area contributed by atoms with Gasteiger partial charge in [-0.1, -0.05) is 11.6 Å². The fraction of sp³-hybridized carbons (Fsp3) is 0.133. The summed E-state index contributed by atoms with van der Waals surface area (Å²) in [5, 5.41) is 0.642. The summed E-state index contributed by atoms with van der Waals surface area (Å²) in [5.41, 5.74) is 2.78. The van der Waals surface area contributed by atoms with Gasteiger partial charge in [0.25, 0.3) is 0 Å². The van der Waals surface area contributed by atoms with Crippen LogP contribution in [0.15, 0.2) is 30.3 Å². The number of aryl methyl sites for hydroxylation is 2. The molecule has 0 atom stereocenters. The number of carbonyl (C=O) groups is 1. The summed E-state index contributed by atoms with van der Waals surface area (Å²) in [6.45, 7) is 3.70. The van der Waals surface area contributed by atoms with Gasteiger partial charge in [-0.05, 0) is 77.9 Å². The smallest absolute Gasteiger partial charge is 0.194 e. The first-order valence-corrected chi connectivity index (χ1v) is 7.12. The van der Waals surface area contributed by atoms with Crippen molar-refractivity contribution in [2.24, 2.45) is 0 Å². The van der Waals surface area contributed by atoms with Gasteiger partial charge in [-0.3, -0.25) is 4.79 Å². The van der Waals surface area contributed by atoms with Gasteiger partial charge in [0, 0.05) is 19.7 Å². The first-order valence-electron chi connectivity index (χ1n) is 5.66. The quantitative estimate of drug-likeness (QED) is 0.526. The molecular formula is C15H11ClFIO. The molecule has 4 heteroatoms. The van der Waals surface area contributed by atoms with Gasteiger partial charge in [-0.15, -0.1) is 0 Å². The highest BCUT2D eigenvalue weighted by Gasteiger charge is 2.16. The fourth-order valence-corrected chi connectivity index (χ4v) is 2.78. The van der Waals surface area contributed by atoms with Gasteiger partial charge in [0.2, 0.25) is 0 Å². The molecule has 19 heavy (non-hydrogen) atoms. The number of benzene rings is 2. The van der Waals surface area contributed by atoms with E-state index in [1.54, 1.807) is 12.1 Å². The van der Waals surface area contributed by atoms with Gasteiger partial charge in [-0.2, -0.15) is 0 Å². The van der Waals surface area contributed by atoms with Crippen molar-refractivity contribution in [3.8, 4) is 0 Å². The number of carbonyl (C=O) groups excluding carboxylic acids is 1. The normalized spacial score (nSPS) is 10.6. The molecule has 2 rings (SSSR count). The molecule has 0 aromatic heterocycles. The monoisotopic (exact) mass is 388 g/mol. The lowest BCUT2D eigenvalue weighted by molar-refractivity contribution is 0.103. The summed E-state index contributed by atoms with van der Waals surface area (Å²) in [6, 6.07) is 7.72. The van der Waals surface area contributed by atoms with Gasteiger partial charge in [0.05, 0.1) is 0 Å². The summed E-state index contributed by atoms with van der Waals surface area (Å²) >= 11 is 7.99. The van der Waals surface area contributed by atoms with E-state index in [4.69, 9.17) is 11.6 Å². The first kappa shape index (κ1) is 14.5. The number of halogens is 3. The standard InChI is InChI=1S/C15H11ClFIO/c1-8-6-13(16)9(2)5-12(8)15(19)11-4-3-10(17)7-14(11)18/h3-7H,1-2H3. The second-order valence-corrected chi connectivity index (χ2v) is 5.94. The van der Waals surface area contributed by atoms with Crippen LogP contribution in [0.1, 0.15) is 27.0 Å². The molecule has 0 fully saturated rings. The molecule has 0 aliphatic rings. The van der Waals surface area contributed by atoms with E-state index in [0.717, 1.165) is 11.1 Å². The van der Waals surface area contributed by atoms with E-state index in [2.05, 4.69) is 0 Å². The maximum absolute atomic E-state index is 13.1. The summed E-state index contributed by atoms with van der Waals surface area (Å²) in [6.07, 6.45) is 0. The van der Waals surface area contributed by atoms with Crippen LogP contribution in [-0.2, 0) is 0 Å². The SMILES string of the molecule is Cc1cc(C(=O)c2ccc(F)cc2I)c(C)cc1Cl. The van der Waals surface area contributed by atoms with Crippen molar-refractivity contribution in [2.75, 3.05) is 0 Å². The average Bonchev–Trinajstić information content (AvgIpc) is 2.33. The van der Waals surface area contributed by atoms with Crippen LogP contribution >= 0.6 is 34.2 Å². The predicted octanol–water partition coefficient (Wildman–Crippen LogP) is 4.93. The number of hydrogen-bond donors (Lipinski definition) is 0. The molecule has 0 amide bonds. The molecule has 2 aromatic carbocycles. The maximum Gasteiger partial charge on any atom is 0.194 e.